The van der Waals surface area contributed by atoms with Crippen molar-refractivity contribution in [2.45, 2.75) is 24.8 Å². The van der Waals surface area contributed by atoms with E-state index >= 15 is 0 Å². The first-order valence-electron chi connectivity index (χ1n) is 5.39. The minimum atomic E-state index is -4.11. The van der Waals surface area contributed by atoms with Gasteiger partial charge in [0.05, 0.1) is 12.9 Å². The van der Waals surface area contributed by atoms with Crippen molar-refractivity contribution >= 4 is 0 Å². The summed E-state index contributed by atoms with van der Waals surface area (Å²) in [6.07, 6.45) is -1.78. The van der Waals surface area contributed by atoms with Gasteiger partial charge in [0.25, 0.3) is 0 Å². The van der Waals surface area contributed by atoms with Crippen molar-refractivity contribution in [3.8, 4) is 0 Å². The third-order valence-corrected chi connectivity index (χ3v) is 2.37. The van der Waals surface area contributed by atoms with Gasteiger partial charge in [0, 0.05) is 12.5 Å². The molecule has 0 bridgehead atoms. The van der Waals surface area contributed by atoms with Crippen LogP contribution in [-0.4, -0.2) is 38.7 Å². The average Bonchev–Trinajstić information content (AvgIpc) is 2.80. The molecule has 0 radical (unpaired) electrons. The molecule has 1 N–H and O–H groups in total. The second-order valence-electron chi connectivity index (χ2n) is 3.85. The normalized spacial score (nSPS) is 14.1. The highest BCUT2D eigenvalue weighted by Gasteiger charge is 2.41. The van der Waals surface area contributed by atoms with Crippen LogP contribution in [0.1, 0.15) is 5.76 Å². The van der Waals surface area contributed by atoms with Crippen molar-refractivity contribution in [3.63, 3.8) is 0 Å². The van der Waals surface area contributed by atoms with Crippen molar-refractivity contribution in [1.82, 2.24) is 5.32 Å². The van der Waals surface area contributed by atoms with Crippen LogP contribution >= 0.6 is 0 Å². The van der Waals surface area contributed by atoms with Gasteiger partial charge in [-0.2, -0.15) is 8.78 Å². The number of halogens is 4. The van der Waals surface area contributed by atoms with E-state index in [0.29, 0.717) is 12.2 Å². The van der Waals surface area contributed by atoms with Gasteiger partial charge in [-0.1, -0.05) is 0 Å². The van der Waals surface area contributed by atoms with Crippen LogP contribution < -0.4 is 5.32 Å². The molecule has 1 atom stereocenters. The molecule has 0 aliphatic carbocycles. The summed E-state index contributed by atoms with van der Waals surface area (Å²) < 4.78 is 58.6. The predicted molar refractivity (Wildman–Crippen MR) is 57.0 cm³/mol. The summed E-state index contributed by atoms with van der Waals surface area (Å²) in [5, 5.41) is 2.84. The standard InChI is InChI=1S/C11H15F4NO2/c1-16-8(5-9-3-2-4-18-9)6-17-7-11(14,15)10(12)13/h2-4,8,10,16H,5-7H2,1H3. The maximum Gasteiger partial charge on any atom is 0.330 e. The Morgan fingerprint density at radius 1 is 1.44 bits per heavy atom. The Hall–Kier alpha value is -1.08. The van der Waals surface area contributed by atoms with Crippen molar-refractivity contribution in [1.29, 1.82) is 0 Å². The first-order valence-corrected chi connectivity index (χ1v) is 5.39. The van der Waals surface area contributed by atoms with Crippen LogP contribution in [0.4, 0.5) is 17.6 Å². The van der Waals surface area contributed by atoms with Gasteiger partial charge in [0.2, 0.25) is 0 Å². The summed E-state index contributed by atoms with van der Waals surface area (Å²) in [6, 6.07) is 3.16. The summed E-state index contributed by atoms with van der Waals surface area (Å²) in [5.41, 5.74) is 0. The first kappa shape index (κ1) is 15.0. The number of rotatable bonds is 8. The molecule has 104 valence electrons. The molecule has 0 fully saturated rings. The smallest absolute Gasteiger partial charge is 0.330 e. The van der Waals surface area contributed by atoms with Gasteiger partial charge in [-0.05, 0) is 19.2 Å². The lowest BCUT2D eigenvalue weighted by molar-refractivity contribution is -0.167. The van der Waals surface area contributed by atoms with Crippen LogP contribution in [0, 0.1) is 0 Å². The minimum absolute atomic E-state index is 0.0977. The Kier molecular flexibility index (Phi) is 5.61. The topological polar surface area (TPSA) is 34.4 Å². The fraction of sp³-hybridized carbons (Fsp3) is 0.636. The van der Waals surface area contributed by atoms with Gasteiger partial charge < -0.3 is 14.5 Å². The Bertz CT molecular complexity index is 330. The second-order valence-corrected chi connectivity index (χ2v) is 3.85. The molecule has 0 spiro atoms. The number of hydrogen-bond donors (Lipinski definition) is 1. The van der Waals surface area contributed by atoms with Crippen molar-refractivity contribution < 1.29 is 26.7 Å². The van der Waals surface area contributed by atoms with E-state index in [-0.39, 0.29) is 12.6 Å². The van der Waals surface area contributed by atoms with Crippen LogP contribution in [-0.2, 0) is 11.2 Å². The molecule has 18 heavy (non-hydrogen) atoms. The zero-order valence-electron chi connectivity index (χ0n) is 9.84. The summed E-state index contributed by atoms with van der Waals surface area (Å²) >= 11 is 0. The van der Waals surface area contributed by atoms with Crippen molar-refractivity contribution in [3.05, 3.63) is 24.2 Å². The molecule has 1 rings (SSSR count). The van der Waals surface area contributed by atoms with E-state index in [4.69, 9.17) is 4.42 Å². The van der Waals surface area contributed by atoms with Gasteiger partial charge in [-0.3, -0.25) is 0 Å². The maximum absolute atomic E-state index is 12.6. The van der Waals surface area contributed by atoms with Gasteiger partial charge in [0.15, 0.2) is 0 Å². The summed E-state index contributed by atoms with van der Waals surface area (Å²) in [6.45, 7) is -1.39. The van der Waals surface area contributed by atoms with Gasteiger partial charge in [0.1, 0.15) is 12.4 Å². The molecule has 1 aromatic rings. The molecule has 0 saturated heterocycles. The van der Waals surface area contributed by atoms with Crippen LogP contribution in [0.15, 0.2) is 22.8 Å². The molecule has 0 aromatic carbocycles. The van der Waals surface area contributed by atoms with Crippen LogP contribution in [0.3, 0.4) is 0 Å². The molecule has 0 amide bonds. The van der Waals surface area contributed by atoms with E-state index in [2.05, 4.69) is 10.1 Å². The fourth-order valence-corrected chi connectivity index (χ4v) is 1.32. The second kappa shape index (κ2) is 6.75. The van der Waals surface area contributed by atoms with E-state index in [0.717, 1.165) is 0 Å². The van der Waals surface area contributed by atoms with Crippen LogP contribution in [0.5, 0.6) is 0 Å². The van der Waals surface area contributed by atoms with Gasteiger partial charge >= 0.3 is 12.3 Å². The molecule has 1 aromatic heterocycles. The Morgan fingerprint density at radius 3 is 2.67 bits per heavy atom. The highest BCUT2D eigenvalue weighted by Crippen LogP contribution is 2.22. The average molecular weight is 269 g/mol. The number of ether oxygens (including phenoxy) is 1. The molecular formula is C11H15F4NO2. The van der Waals surface area contributed by atoms with E-state index in [9.17, 15) is 17.6 Å². The number of furan rings is 1. The van der Waals surface area contributed by atoms with E-state index < -0.39 is 19.0 Å². The number of likely N-dealkylation sites (N-methyl/N-ethyl adjacent to an activating group) is 1. The quantitative estimate of drug-likeness (QED) is 0.735. The molecular weight excluding hydrogens is 254 g/mol. The number of nitrogens with one attached hydrogen (secondary N) is 1. The SMILES string of the molecule is CNC(COCC(F)(F)C(F)F)Cc1ccco1. The van der Waals surface area contributed by atoms with E-state index in [1.165, 1.54) is 6.26 Å². The zero-order chi connectivity index (χ0) is 13.6. The Labute approximate surface area is 102 Å². The van der Waals surface area contributed by atoms with Crippen LogP contribution in [0.2, 0.25) is 0 Å². The Balaban J connectivity index is 2.32. The first-order chi connectivity index (χ1) is 8.45. The fourth-order valence-electron chi connectivity index (χ4n) is 1.32. The van der Waals surface area contributed by atoms with Gasteiger partial charge in [-0.15, -0.1) is 0 Å². The molecule has 3 nitrogen and oxygen atoms in total. The lowest BCUT2D eigenvalue weighted by atomic mass is 10.2. The predicted octanol–water partition coefficient (Wildman–Crippen LogP) is 2.33. The van der Waals surface area contributed by atoms with Crippen molar-refractivity contribution in [2.75, 3.05) is 20.3 Å². The monoisotopic (exact) mass is 269 g/mol. The molecule has 1 heterocycles. The van der Waals surface area contributed by atoms with Crippen LogP contribution in [0.25, 0.3) is 0 Å². The minimum Gasteiger partial charge on any atom is -0.469 e. The largest absolute Gasteiger partial charge is 0.469 e. The highest BCUT2D eigenvalue weighted by atomic mass is 19.3. The third kappa shape index (κ3) is 4.66. The maximum atomic E-state index is 12.6. The van der Waals surface area contributed by atoms with Crippen molar-refractivity contribution in [2.24, 2.45) is 0 Å². The summed E-state index contributed by atoms with van der Waals surface area (Å²) in [5.74, 6) is -3.44. The van der Waals surface area contributed by atoms with E-state index in [1.807, 2.05) is 0 Å². The Morgan fingerprint density at radius 2 is 2.17 bits per heavy atom. The zero-order valence-corrected chi connectivity index (χ0v) is 9.84. The lowest BCUT2D eigenvalue weighted by Gasteiger charge is -2.19. The van der Waals surface area contributed by atoms with E-state index in [1.54, 1.807) is 19.2 Å². The molecule has 7 heteroatoms. The lowest BCUT2D eigenvalue weighted by Crippen LogP contribution is -2.37. The van der Waals surface area contributed by atoms with Gasteiger partial charge in [-0.25, -0.2) is 8.78 Å². The molecule has 0 aliphatic rings. The number of hydrogen-bond acceptors (Lipinski definition) is 3. The number of alkyl halides is 4. The molecule has 0 aliphatic heterocycles. The molecule has 0 saturated carbocycles. The third-order valence-electron chi connectivity index (χ3n) is 2.37. The molecule has 1 unspecified atom stereocenters. The summed E-state index contributed by atoms with van der Waals surface area (Å²) in [7, 11) is 1.63. The highest BCUT2D eigenvalue weighted by molar-refractivity contribution is 5.00. The summed E-state index contributed by atoms with van der Waals surface area (Å²) in [4.78, 5) is 0.